The van der Waals surface area contributed by atoms with Crippen LogP contribution in [0.15, 0.2) is 48.5 Å². The second kappa shape index (κ2) is 6.10. The summed E-state index contributed by atoms with van der Waals surface area (Å²) in [5, 5.41) is 10.2. The second-order valence-corrected chi connectivity index (χ2v) is 5.37. The average molecular weight is 268 g/mol. The molecule has 0 radical (unpaired) electrons. The van der Waals surface area contributed by atoms with Gasteiger partial charge in [0.05, 0.1) is 6.10 Å². The topological polar surface area (TPSA) is 29.5 Å². The number of benzene rings is 2. The van der Waals surface area contributed by atoms with Gasteiger partial charge in [0.2, 0.25) is 0 Å². The average Bonchev–Trinajstić information content (AvgIpc) is 2.49. The molecule has 2 nitrogen and oxygen atoms in total. The fourth-order valence-corrected chi connectivity index (χ4v) is 2.91. The van der Waals surface area contributed by atoms with Crippen molar-refractivity contribution in [1.82, 2.24) is 0 Å². The van der Waals surface area contributed by atoms with Crippen molar-refractivity contribution in [2.24, 2.45) is 0 Å². The maximum absolute atomic E-state index is 10.2. The molecule has 0 spiro atoms. The molecule has 1 aliphatic heterocycles. The SMILES string of the molecule is Oc1cccc(Cc2ccccc2)c1C1CCCCO1. The number of hydrogen-bond donors (Lipinski definition) is 1. The molecule has 1 unspecified atom stereocenters. The minimum atomic E-state index is 0.0451. The lowest BCUT2D eigenvalue weighted by Crippen LogP contribution is -2.13. The van der Waals surface area contributed by atoms with Crippen molar-refractivity contribution in [3.8, 4) is 5.75 Å². The molecule has 1 N–H and O–H groups in total. The predicted octanol–water partition coefficient (Wildman–Crippen LogP) is 4.22. The molecule has 0 saturated carbocycles. The Bertz CT molecular complexity index is 557. The van der Waals surface area contributed by atoms with Gasteiger partial charge in [-0.25, -0.2) is 0 Å². The molecule has 1 aliphatic rings. The van der Waals surface area contributed by atoms with Gasteiger partial charge in [0.1, 0.15) is 5.75 Å². The van der Waals surface area contributed by atoms with Gasteiger partial charge in [0.25, 0.3) is 0 Å². The van der Waals surface area contributed by atoms with Gasteiger partial charge in [-0.05, 0) is 42.9 Å². The zero-order chi connectivity index (χ0) is 13.8. The van der Waals surface area contributed by atoms with Crippen molar-refractivity contribution in [2.45, 2.75) is 31.8 Å². The van der Waals surface area contributed by atoms with Gasteiger partial charge < -0.3 is 9.84 Å². The van der Waals surface area contributed by atoms with Gasteiger partial charge in [-0.3, -0.25) is 0 Å². The molecular formula is C18H20O2. The molecule has 1 atom stereocenters. The Hall–Kier alpha value is -1.80. The molecule has 0 amide bonds. The smallest absolute Gasteiger partial charge is 0.121 e. The largest absolute Gasteiger partial charge is 0.508 e. The van der Waals surface area contributed by atoms with Crippen molar-refractivity contribution >= 4 is 0 Å². The van der Waals surface area contributed by atoms with Crippen molar-refractivity contribution in [2.75, 3.05) is 6.61 Å². The Morgan fingerprint density at radius 2 is 1.85 bits per heavy atom. The van der Waals surface area contributed by atoms with Crippen LogP contribution in [0.5, 0.6) is 5.75 Å². The molecule has 20 heavy (non-hydrogen) atoms. The molecule has 3 rings (SSSR count). The van der Waals surface area contributed by atoms with E-state index in [4.69, 9.17) is 4.74 Å². The quantitative estimate of drug-likeness (QED) is 0.903. The summed E-state index contributed by atoms with van der Waals surface area (Å²) in [6.45, 7) is 0.795. The molecule has 1 heterocycles. The Balaban J connectivity index is 1.92. The standard InChI is InChI=1S/C18H20O2/c19-16-10-6-9-15(13-14-7-2-1-3-8-14)18(16)17-11-4-5-12-20-17/h1-3,6-10,17,19H,4-5,11-13H2. The van der Waals surface area contributed by atoms with E-state index in [1.807, 2.05) is 12.1 Å². The number of phenolic OH excluding ortho intramolecular Hbond substituents is 1. The van der Waals surface area contributed by atoms with E-state index in [2.05, 4.69) is 30.3 Å². The van der Waals surface area contributed by atoms with Crippen molar-refractivity contribution < 1.29 is 9.84 Å². The van der Waals surface area contributed by atoms with Crippen molar-refractivity contribution in [1.29, 1.82) is 0 Å². The van der Waals surface area contributed by atoms with E-state index in [1.165, 1.54) is 17.5 Å². The first-order valence-electron chi connectivity index (χ1n) is 7.31. The third-order valence-electron chi connectivity index (χ3n) is 3.91. The van der Waals surface area contributed by atoms with E-state index in [-0.39, 0.29) is 6.10 Å². The number of hydrogen-bond acceptors (Lipinski definition) is 2. The van der Waals surface area contributed by atoms with E-state index < -0.39 is 0 Å². The molecule has 2 aromatic rings. The van der Waals surface area contributed by atoms with Crippen LogP contribution in [-0.2, 0) is 11.2 Å². The number of ether oxygens (including phenoxy) is 1. The first-order chi connectivity index (χ1) is 9.84. The molecular weight excluding hydrogens is 248 g/mol. The van der Waals surface area contributed by atoms with Gasteiger partial charge in [0, 0.05) is 12.2 Å². The highest BCUT2D eigenvalue weighted by molar-refractivity contribution is 5.43. The van der Waals surface area contributed by atoms with Gasteiger partial charge in [0.15, 0.2) is 0 Å². The van der Waals surface area contributed by atoms with E-state index in [0.717, 1.165) is 31.4 Å². The van der Waals surface area contributed by atoms with Gasteiger partial charge >= 0.3 is 0 Å². The van der Waals surface area contributed by atoms with Crippen LogP contribution in [-0.4, -0.2) is 11.7 Å². The summed E-state index contributed by atoms with van der Waals surface area (Å²) in [6.07, 6.45) is 4.18. The Morgan fingerprint density at radius 1 is 1.00 bits per heavy atom. The van der Waals surface area contributed by atoms with E-state index in [1.54, 1.807) is 6.07 Å². The summed E-state index contributed by atoms with van der Waals surface area (Å²) in [5.74, 6) is 0.366. The number of rotatable bonds is 3. The summed E-state index contributed by atoms with van der Waals surface area (Å²) in [4.78, 5) is 0. The van der Waals surface area contributed by atoms with E-state index in [9.17, 15) is 5.11 Å². The zero-order valence-corrected chi connectivity index (χ0v) is 11.6. The summed E-state index contributed by atoms with van der Waals surface area (Å²) >= 11 is 0. The first kappa shape index (κ1) is 13.2. The fraction of sp³-hybridized carbons (Fsp3) is 0.333. The maximum Gasteiger partial charge on any atom is 0.121 e. The highest BCUT2D eigenvalue weighted by Gasteiger charge is 2.22. The summed E-state index contributed by atoms with van der Waals surface area (Å²) in [6, 6.07) is 16.1. The maximum atomic E-state index is 10.2. The van der Waals surface area contributed by atoms with Gasteiger partial charge in [-0.1, -0.05) is 42.5 Å². The third kappa shape index (κ3) is 2.86. The minimum absolute atomic E-state index is 0.0451. The van der Waals surface area contributed by atoms with Crippen LogP contribution >= 0.6 is 0 Å². The van der Waals surface area contributed by atoms with Gasteiger partial charge in [-0.15, -0.1) is 0 Å². The van der Waals surface area contributed by atoms with Crippen LogP contribution in [0.25, 0.3) is 0 Å². The molecule has 2 aromatic carbocycles. The second-order valence-electron chi connectivity index (χ2n) is 5.37. The van der Waals surface area contributed by atoms with Gasteiger partial charge in [-0.2, -0.15) is 0 Å². The van der Waals surface area contributed by atoms with Crippen molar-refractivity contribution in [3.05, 3.63) is 65.2 Å². The fourth-order valence-electron chi connectivity index (χ4n) is 2.91. The van der Waals surface area contributed by atoms with Crippen LogP contribution in [0.1, 0.15) is 42.1 Å². The lowest BCUT2D eigenvalue weighted by atomic mass is 9.92. The predicted molar refractivity (Wildman–Crippen MR) is 79.9 cm³/mol. The van der Waals surface area contributed by atoms with E-state index >= 15 is 0 Å². The van der Waals surface area contributed by atoms with Crippen LogP contribution in [0.2, 0.25) is 0 Å². The first-order valence-corrected chi connectivity index (χ1v) is 7.31. The Labute approximate surface area is 120 Å². The van der Waals surface area contributed by atoms with Crippen LogP contribution in [0, 0.1) is 0 Å². The lowest BCUT2D eigenvalue weighted by molar-refractivity contribution is 0.0131. The highest BCUT2D eigenvalue weighted by Crippen LogP contribution is 2.36. The highest BCUT2D eigenvalue weighted by atomic mass is 16.5. The van der Waals surface area contributed by atoms with Crippen LogP contribution < -0.4 is 0 Å². The Kier molecular flexibility index (Phi) is 4.03. The summed E-state index contributed by atoms with van der Waals surface area (Å²) in [7, 11) is 0. The molecule has 1 saturated heterocycles. The molecule has 104 valence electrons. The number of phenols is 1. The van der Waals surface area contributed by atoms with Crippen LogP contribution in [0.3, 0.4) is 0 Å². The van der Waals surface area contributed by atoms with E-state index in [0.29, 0.717) is 5.75 Å². The summed E-state index contributed by atoms with van der Waals surface area (Å²) in [5.41, 5.74) is 3.41. The number of aromatic hydroxyl groups is 1. The Morgan fingerprint density at radius 3 is 2.60 bits per heavy atom. The van der Waals surface area contributed by atoms with Crippen molar-refractivity contribution in [3.63, 3.8) is 0 Å². The van der Waals surface area contributed by atoms with Crippen LogP contribution in [0.4, 0.5) is 0 Å². The monoisotopic (exact) mass is 268 g/mol. The zero-order valence-electron chi connectivity index (χ0n) is 11.6. The minimum Gasteiger partial charge on any atom is -0.508 e. The normalized spacial score (nSPS) is 18.9. The molecule has 0 aromatic heterocycles. The molecule has 0 bridgehead atoms. The lowest BCUT2D eigenvalue weighted by Gasteiger charge is -2.25. The molecule has 2 heteroatoms. The summed E-state index contributed by atoms with van der Waals surface area (Å²) < 4.78 is 5.86. The third-order valence-corrected chi connectivity index (χ3v) is 3.91. The molecule has 1 fully saturated rings. The molecule has 0 aliphatic carbocycles.